The van der Waals surface area contributed by atoms with Crippen molar-refractivity contribution in [3.63, 3.8) is 0 Å². The van der Waals surface area contributed by atoms with Crippen LogP contribution < -0.4 is 5.32 Å². The van der Waals surface area contributed by atoms with Crippen LogP contribution >= 0.6 is 11.6 Å². The topological polar surface area (TPSA) is 12.0 Å². The monoisotopic (exact) mass is 207 g/mol. The summed E-state index contributed by atoms with van der Waals surface area (Å²) >= 11 is 5.97. The second-order valence-corrected chi connectivity index (χ2v) is 4.81. The highest BCUT2D eigenvalue weighted by Crippen LogP contribution is 2.35. The lowest BCUT2D eigenvalue weighted by atomic mass is 10.1. The van der Waals surface area contributed by atoms with Gasteiger partial charge in [-0.05, 0) is 48.9 Å². The first-order valence-electron chi connectivity index (χ1n) is 5.37. The number of nitrogens with one attached hydrogen (secondary N) is 1. The minimum Gasteiger partial charge on any atom is -0.307 e. The zero-order valence-electron chi connectivity index (χ0n) is 8.09. The summed E-state index contributed by atoms with van der Waals surface area (Å²) in [6.07, 6.45) is 5.14. The zero-order chi connectivity index (χ0) is 9.54. The maximum absolute atomic E-state index is 5.97. The first-order chi connectivity index (χ1) is 6.83. The fourth-order valence-corrected chi connectivity index (χ4v) is 2.49. The first-order valence-corrected chi connectivity index (χ1v) is 5.75. The van der Waals surface area contributed by atoms with E-state index in [9.17, 15) is 0 Å². The lowest BCUT2D eigenvalue weighted by Crippen LogP contribution is -2.21. The van der Waals surface area contributed by atoms with Crippen LogP contribution in [0, 0.1) is 0 Å². The minimum atomic E-state index is 0.592. The Balaban J connectivity index is 1.85. The fraction of sp³-hybridized carbons (Fsp3) is 0.500. The molecule has 1 saturated carbocycles. The van der Waals surface area contributed by atoms with E-state index in [2.05, 4.69) is 17.4 Å². The molecule has 74 valence electrons. The molecule has 0 unspecified atom stereocenters. The van der Waals surface area contributed by atoms with Gasteiger partial charge in [0, 0.05) is 17.1 Å². The first kappa shape index (κ1) is 8.75. The van der Waals surface area contributed by atoms with Crippen molar-refractivity contribution < 1.29 is 0 Å². The van der Waals surface area contributed by atoms with E-state index in [1.54, 1.807) is 0 Å². The molecule has 0 saturated heterocycles. The largest absolute Gasteiger partial charge is 0.307 e. The molecule has 14 heavy (non-hydrogen) atoms. The molecule has 0 heterocycles. The SMILES string of the molecule is Clc1ccc2c(c1)CC[C@@H]2NC1CC1. The molecule has 2 heteroatoms. The summed E-state index contributed by atoms with van der Waals surface area (Å²) in [6, 6.07) is 7.69. The predicted molar refractivity (Wildman–Crippen MR) is 58.7 cm³/mol. The molecule has 0 radical (unpaired) electrons. The van der Waals surface area contributed by atoms with Gasteiger partial charge in [0.25, 0.3) is 0 Å². The highest BCUT2D eigenvalue weighted by atomic mass is 35.5. The van der Waals surface area contributed by atoms with Crippen LogP contribution in [-0.4, -0.2) is 6.04 Å². The van der Waals surface area contributed by atoms with Crippen molar-refractivity contribution in [3.05, 3.63) is 34.3 Å². The molecule has 0 aromatic heterocycles. The smallest absolute Gasteiger partial charge is 0.0408 e. The van der Waals surface area contributed by atoms with Gasteiger partial charge in [-0.2, -0.15) is 0 Å². The molecule has 1 fully saturated rings. The second kappa shape index (κ2) is 3.25. The van der Waals surface area contributed by atoms with E-state index in [1.165, 1.54) is 36.8 Å². The summed E-state index contributed by atoms with van der Waals surface area (Å²) < 4.78 is 0. The molecule has 2 aliphatic rings. The number of aryl methyl sites for hydroxylation is 1. The molecular weight excluding hydrogens is 194 g/mol. The Morgan fingerprint density at radius 3 is 2.86 bits per heavy atom. The third-order valence-corrected chi connectivity index (χ3v) is 3.43. The van der Waals surface area contributed by atoms with Crippen molar-refractivity contribution in [2.45, 2.75) is 37.8 Å². The van der Waals surface area contributed by atoms with Gasteiger partial charge in [0.05, 0.1) is 0 Å². The summed E-state index contributed by atoms with van der Waals surface area (Å²) in [6.45, 7) is 0. The molecule has 2 aliphatic carbocycles. The second-order valence-electron chi connectivity index (χ2n) is 4.38. The molecular formula is C12H14ClN. The van der Waals surface area contributed by atoms with Crippen molar-refractivity contribution in [3.8, 4) is 0 Å². The summed E-state index contributed by atoms with van der Waals surface area (Å²) in [4.78, 5) is 0. The number of hydrogen-bond acceptors (Lipinski definition) is 1. The Hall–Kier alpha value is -0.530. The van der Waals surface area contributed by atoms with E-state index in [-0.39, 0.29) is 0 Å². The summed E-state index contributed by atoms with van der Waals surface area (Å²) in [5.41, 5.74) is 2.91. The van der Waals surface area contributed by atoms with Crippen LogP contribution in [0.1, 0.15) is 36.4 Å². The van der Waals surface area contributed by atoms with E-state index in [0.717, 1.165) is 11.1 Å². The maximum atomic E-state index is 5.97. The third kappa shape index (κ3) is 1.55. The zero-order valence-corrected chi connectivity index (χ0v) is 8.85. The predicted octanol–water partition coefficient (Wildman–Crippen LogP) is 3.08. The van der Waals surface area contributed by atoms with E-state index in [1.807, 2.05) is 6.07 Å². The quantitative estimate of drug-likeness (QED) is 0.786. The van der Waals surface area contributed by atoms with E-state index in [4.69, 9.17) is 11.6 Å². The Morgan fingerprint density at radius 2 is 2.07 bits per heavy atom. The molecule has 0 aliphatic heterocycles. The molecule has 1 nitrogen and oxygen atoms in total. The Kier molecular flexibility index (Phi) is 2.03. The molecule has 1 N–H and O–H groups in total. The molecule has 1 atom stereocenters. The van der Waals surface area contributed by atoms with E-state index in [0.29, 0.717) is 6.04 Å². The van der Waals surface area contributed by atoms with Crippen LogP contribution in [0.25, 0.3) is 0 Å². The molecule has 1 aromatic carbocycles. The van der Waals surface area contributed by atoms with Gasteiger partial charge >= 0.3 is 0 Å². The Labute approximate surface area is 89.5 Å². The minimum absolute atomic E-state index is 0.592. The van der Waals surface area contributed by atoms with Gasteiger partial charge in [-0.1, -0.05) is 17.7 Å². The number of halogens is 1. The molecule has 1 aromatic rings. The maximum Gasteiger partial charge on any atom is 0.0408 e. The van der Waals surface area contributed by atoms with Gasteiger partial charge in [-0.25, -0.2) is 0 Å². The van der Waals surface area contributed by atoms with Gasteiger partial charge in [0.1, 0.15) is 0 Å². The highest BCUT2D eigenvalue weighted by molar-refractivity contribution is 6.30. The summed E-state index contributed by atoms with van der Waals surface area (Å²) in [5, 5.41) is 4.56. The van der Waals surface area contributed by atoms with Crippen LogP contribution in [0.2, 0.25) is 5.02 Å². The van der Waals surface area contributed by atoms with Crippen LogP contribution in [0.3, 0.4) is 0 Å². The van der Waals surface area contributed by atoms with Crippen molar-refractivity contribution in [1.29, 1.82) is 0 Å². The Morgan fingerprint density at radius 1 is 1.21 bits per heavy atom. The average Bonchev–Trinajstić information content (AvgIpc) is 2.89. The summed E-state index contributed by atoms with van der Waals surface area (Å²) in [5.74, 6) is 0. The lowest BCUT2D eigenvalue weighted by molar-refractivity contribution is 0.527. The van der Waals surface area contributed by atoms with E-state index >= 15 is 0 Å². The summed E-state index contributed by atoms with van der Waals surface area (Å²) in [7, 11) is 0. The molecule has 0 spiro atoms. The Bertz CT molecular complexity index is 357. The van der Waals surface area contributed by atoms with Gasteiger partial charge in [-0.3, -0.25) is 0 Å². The van der Waals surface area contributed by atoms with Gasteiger partial charge in [0.2, 0.25) is 0 Å². The number of benzene rings is 1. The lowest BCUT2D eigenvalue weighted by Gasteiger charge is -2.12. The molecule has 3 rings (SSSR count). The molecule has 0 bridgehead atoms. The van der Waals surface area contributed by atoms with Crippen LogP contribution in [0.15, 0.2) is 18.2 Å². The van der Waals surface area contributed by atoms with Gasteiger partial charge in [0.15, 0.2) is 0 Å². The van der Waals surface area contributed by atoms with Crippen LogP contribution in [0.4, 0.5) is 0 Å². The average molecular weight is 208 g/mol. The molecule has 0 amide bonds. The van der Waals surface area contributed by atoms with Crippen LogP contribution in [-0.2, 0) is 6.42 Å². The van der Waals surface area contributed by atoms with Crippen molar-refractivity contribution in [1.82, 2.24) is 5.32 Å². The van der Waals surface area contributed by atoms with Crippen molar-refractivity contribution >= 4 is 11.6 Å². The van der Waals surface area contributed by atoms with Gasteiger partial charge < -0.3 is 5.32 Å². The van der Waals surface area contributed by atoms with Gasteiger partial charge in [-0.15, -0.1) is 0 Å². The van der Waals surface area contributed by atoms with Crippen LogP contribution in [0.5, 0.6) is 0 Å². The number of fused-ring (bicyclic) bond motifs is 1. The van der Waals surface area contributed by atoms with Crippen molar-refractivity contribution in [2.75, 3.05) is 0 Å². The normalized spacial score (nSPS) is 25.1. The van der Waals surface area contributed by atoms with Crippen molar-refractivity contribution in [2.24, 2.45) is 0 Å². The highest BCUT2D eigenvalue weighted by Gasteiger charge is 2.29. The third-order valence-electron chi connectivity index (χ3n) is 3.20. The number of rotatable bonds is 2. The van der Waals surface area contributed by atoms with E-state index < -0.39 is 0 Å². The standard InChI is InChI=1S/C12H14ClN/c13-9-2-5-11-8(7-9)1-6-12(11)14-10-3-4-10/h2,5,7,10,12,14H,1,3-4,6H2/t12-/m0/s1. The fourth-order valence-electron chi connectivity index (χ4n) is 2.29. The number of hydrogen-bond donors (Lipinski definition) is 1.